The fraction of sp³-hybridized carbons (Fsp3) is 0.583. The number of aromatic nitrogens is 2. The monoisotopic (exact) mass is 604 g/mol. The van der Waals surface area contributed by atoms with Crippen molar-refractivity contribution in [2.45, 2.75) is 57.0 Å². The van der Waals surface area contributed by atoms with Gasteiger partial charge in [-0.15, -0.1) is 0 Å². The third-order valence-corrected chi connectivity index (χ3v) is 7.58. The number of hydrogen-bond donors (Lipinski definition) is 4. The van der Waals surface area contributed by atoms with Gasteiger partial charge in [0.2, 0.25) is 12.1 Å². The van der Waals surface area contributed by atoms with Gasteiger partial charge in [0.25, 0.3) is 10.1 Å². The molecular weight excluding hydrogens is 574 g/mol. The minimum absolute atomic E-state index is 0.220. The molecule has 0 bridgehead atoms. The number of allylic oxidation sites excluding steroid dienone is 1. The Labute approximate surface area is 233 Å². The summed E-state index contributed by atoms with van der Waals surface area (Å²) in [5.41, 5.74) is -2.12. The molecule has 2 amide bonds. The second-order valence-corrected chi connectivity index (χ2v) is 11.4. The van der Waals surface area contributed by atoms with Gasteiger partial charge >= 0.3 is 17.7 Å². The standard InChI is InChI=1S/C24H30F2N4O10S/c1-23(19(33)27-10-13-41(36,37)38)8-3-2-4-15(5-9-23)39-22(35)29-18-6-11-30(21(34)28-18)20-24(25,26)16(7-12-31)17(14-32)40-20/h2,4,6-7,11,15-17,20,32H,3,5,8-10,13-14H2,1H3,(H,27,33)(H,36,37,38)(H,28,29,34,35)/b4-2+/t15-,16?,17+,20+,23+/m0/s1. The van der Waals surface area contributed by atoms with Crippen molar-refractivity contribution in [1.82, 2.24) is 14.9 Å². The Morgan fingerprint density at radius 1 is 1.37 bits per heavy atom. The largest absolute Gasteiger partial charge is 0.442 e. The number of nitrogens with zero attached hydrogens (tertiary/aromatic N) is 2. The molecule has 226 valence electrons. The second kappa shape index (κ2) is 13.0. The van der Waals surface area contributed by atoms with Crippen molar-refractivity contribution in [3.8, 4) is 0 Å². The highest BCUT2D eigenvalue weighted by Gasteiger charge is 2.59. The fourth-order valence-electron chi connectivity index (χ4n) is 4.55. The van der Waals surface area contributed by atoms with Crippen molar-refractivity contribution in [2.75, 3.05) is 24.2 Å². The smallest absolute Gasteiger partial charge is 0.413 e. The van der Waals surface area contributed by atoms with Crippen LogP contribution in [0.4, 0.5) is 19.4 Å². The van der Waals surface area contributed by atoms with E-state index in [0.29, 0.717) is 23.5 Å². The van der Waals surface area contributed by atoms with E-state index in [9.17, 15) is 41.5 Å². The summed E-state index contributed by atoms with van der Waals surface area (Å²) in [5.74, 6) is -5.68. The average molecular weight is 605 g/mol. The lowest BCUT2D eigenvalue weighted by molar-refractivity contribution is -0.131. The Morgan fingerprint density at radius 2 is 2.10 bits per heavy atom. The number of anilines is 1. The number of amides is 2. The molecule has 1 aliphatic heterocycles. The van der Waals surface area contributed by atoms with Crippen LogP contribution in [-0.2, 0) is 29.2 Å². The molecule has 1 aliphatic carbocycles. The molecule has 1 unspecified atom stereocenters. The summed E-state index contributed by atoms with van der Waals surface area (Å²) in [4.78, 5) is 51.8. The zero-order chi connectivity index (χ0) is 30.4. The maximum absolute atomic E-state index is 14.8. The molecule has 2 aliphatic rings. The number of halogens is 2. The van der Waals surface area contributed by atoms with Gasteiger partial charge < -0.3 is 19.9 Å². The van der Waals surface area contributed by atoms with Crippen LogP contribution in [0.25, 0.3) is 0 Å². The van der Waals surface area contributed by atoms with Crippen molar-refractivity contribution in [3.05, 3.63) is 41.0 Å². The first-order valence-corrected chi connectivity index (χ1v) is 14.1. The lowest BCUT2D eigenvalue weighted by Gasteiger charge is -2.30. The number of ether oxygens (including phenoxy) is 2. The van der Waals surface area contributed by atoms with Gasteiger partial charge in [0, 0.05) is 24.2 Å². The summed E-state index contributed by atoms with van der Waals surface area (Å²) in [6.45, 7) is 0.582. The van der Waals surface area contributed by atoms with E-state index >= 15 is 0 Å². The molecule has 0 spiro atoms. The van der Waals surface area contributed by atoms with E-state index in [4.69, 9.17) is 14.0 Å². The van der Waals surface area contributed by atoms with Crippen LogP contribution in [0, 0.1) is 11.3 Å². The molecule has 5 atom stereocenters. The van der Waals surface area contributed by atoms with Crippen molar-refractivity contribution >= 4 is 33.9 Å². The number of aliphatic hydroxyl groups excluding tert-OH is 1. The minimum atomic E-state index is -4.23. The maximum Gasteiger partial charge on any atom is 0.413 e. The molecule has 17 heteroatoms. The lowest BCUT2D eigenvalue weighted by atomic mass is 9.78. The zero-order valence-electron chi connectivity index (χ0n) is 21.9. The summed E-state index contributed by atoms with van der Waals surface area (Å²) in [5, 5.41) is 14.1. The van der Waals surface area contributed by atoms with Crippen LogP contribution in [0.5, 0.6) is 0 Å². The number of aliphatic hydroxyl groups is 1. The van der Waals surface area contributed by atoms with Gasteiger partial charge in [0.1, 0.15) is 17.9 Å². The first-order valence-electron chi connectivity index (χ1n) is 12.5. The molecule has 3 rings (SSSR count). The summed E-state index contributed by atoms with van der Waals surface area (Å²) < 4.78 is 71.2. The van der Waals surface area contributed by atoms with Gasteiger partial charge in [0.15, 0.2) is 0 Å². The Kier molecular flexibility index (Phi) is 10.1. The SMILES string of the molecule is C[C@@]1(C(=O)NCCS(=O)(=O)O)CC/C=C/[C@H](OC(=O)Nc2ccn([C@@H]3O[C@H](CO)C(C=C=O)C3(F)F)c(=O)n2)CC1. The number of alkyl halides is 2. The van der Waals surface area contributed by atoms with Gasteiger partial charge in [-0.05, 0) is 37.8 Å². The van der Waals surface area contributed by atoms with Crippen LogP contribution >= 0.6 is 0 Å². The molecule has 2 heterocycles. The average Bonchev–Trinajstić information content (AvgIpc) is 3.12. The normalized spacial score (nSPS) is 28.4. The fourth-order valence-corrected chi connectivity index (χ4v) is 4.91. The summed E-state index contributed by atoms with van der Waals surface area (Å²) in [6.07, 6.45) is 0.745. The van der Waals surface area contributed by atoms with E-state index in [1.165, 1.54) is 5.94 Å². The molecule has 41 heavy (non-hydrogen) atoms. The zero-order valence-corrected chi connectivity index (χ0v) is 22.7. The van der Waals surface area contributed by atoms with Crippen LogP contribution in [0.2, 0.25) is 0 Å². The van der Waals surface area contributed by atoms with Crippen LogP contribution < -0.4 is 16.3 Å². The van der Waals surface area contributed by atoms with Crippen LogP contribution in [0.1, 0.15) is 38.8 Å². The Bertz CT molecular complexity index is 1380. The predicted molar refractivity (Wildman–Crippen MR) is 137 cm³/mol. The molecule has 1 fully saturated rings. The van der Waals surface area contributed by atoms with Crippen molar-refractivity contribution in [1.29, 1.82) is 0 Å². The van der Waals surface area contributed by atoms with E-state index in [-0.39, 0.29) is 25.2 Å². The third-order valence-electron chi connectivity index (χ3n) is 6.86. The molecule has 1 aromatic rings. The number of carbonyl (C=O) groups is 2. The van der Waals surface area contributed by atoms with Gasteiger partial charge in [0.05, 0.1) is 24.4 Å². The molecule has 1 aromatic heterocycles. The van der Waals surface area contributed by atoms with E-state index < -0.39 is 75.9 Å². The maximum atomic E-state index is 14.8. The molecular formula is C24H30F2N4O10S. The van der Waals surface area contributed by atoms with E-state index in [1.807, 2.05) is 0 Å². The van der Waals surface area contributed by atoms with Crippen molar-refractivity contribution in [2.24, 2.45) is 11.3 Å². The van der Waals surface area contributed by atoms with Crippen molar-refractivity contribution in [3.63, 3.8) is 0 Å². The van der Waals surface area contributed by atoms with Crippen LogP contribution in [-0.4, -0.2) is 82.6 Å². The molecule has 0 radical (unpaired) electrons. The Hall–Kier alpha value is -3.50. The molecule has 0 aromatic carbocycles. The first-order chi connectivity index (χ1) is 19.2. The van der Waals surface area contributed by atoms with Crippen LogP contribution in [0.3, 0.4) is 0 Å². The molecule has 14 nitrogen and oxygen atoms in total. The minimum Gasteiger partial charge on any atom is -0.442 e. The predicted octanol–water partition coefficient (Wildman–Crippen LogP) is 0.830. The highest BCUT2D eigenvalue weighted by Crippen LogP contribution is 2.46. The highest BCUT2D eigenvalue weighted by atomic mass is 32.2. The van der Waals surface area contributed by atoms with Gasteiger partial charge in [-0.25, -0.2) is 23.2 Å². The number of carbonyl (C=O) groups excluding carboxylic acids is 3. The molecule has 0 saturated carbocycles. The van der Waals surface area contributed by atoms with Gasteiger partial charge in [-0.2, -0.15) is 13.4 Å². The summed E-state index contributed by atoms with van der Waals surface area (Å²) >= 11 is 0. The van der Waals surface area contributed by atoms with Gasteiger partial charge in [-0.3, -0.25) is 19.2 Å². The van der Waals surface area contributed by atoms with Gasteiger partial charge in [-0.1, -0.05) is 13.0 Å². The highest BCUT2D eigenvalue weighted by molar-refractivity contribution is 7.85. The van der Waals surface area contributed by atoms with E-state index in [0.717, 1.165) is 12.3 Å². The summed E-state index contributed by atoms with van der Waals surface area (Å²) in [6, 6.07) is 1.06. The molecule has 4 N–H and O–H groups in total. The Balaban J connectivity index is 1.62. The number of rotatable bonds is 9. The summed E-state index contributed by atoms with van der Waals surface area (Å²) in [7, 11) is -4.23. The number of nitrogens with one attached hydrogen (secondary N) is 2. The first kappa shape index (κ1) is 32.0. The van der Waals surface area contributed by atoms with Crippen LogP contribution in [0.15, 0.2) is 35.3 Å². The molecule has 1 saturated heterocycles. The second-order valence-electron chi connectivity index (χ2n) is 9.87. The topological polar surface area (TPSA) is 203 Å². The Morgan fingerprint density at radius 3 is 2.73 bits per heavy atom. The number of hydrogen-bond acceptors (Lipinski definition) is 10. The van der Waals surface area contributed by atoms with Crippen molar-refractivity contribution < 1.29 is 50.7 Å². The quantitative estimate of drug-likeness (QED) is 0.177. The third kappa shape index (κ3) is 8.04. The lowest BCUT2D eigenvalue weighted by Crippen LogP contribution is -2.41. The van der Waals surface area contributed by atoms with E-state index in [1.54, 1.807) is 19.1 Å². The van der Waals surface area contributed by atoms with E-state index in [2.05, 4.69) is 15.6 Å².